The summed E-state index contributed by atoms with van der Waals surface area (Å²) in [5.74, 6) is 1.10. The topological polar surface area (TPSA) is 17.1 Å². The Morgan fingerprint density at radius 3 is 2.20 bits per heavy atom. The standard InChI is InChI=1S/C13H17BrO/c1-9(2)13(8-10(3)15)11-4-6-12(14)7-5-11/h4-7,9,13H,8H2,1-3H3. The molecule has 0 fully saturated rings. The Hall–Kier alpha value is -0.630. The van der Waals surface area contributed by atoms with E-state index in [1.165, 1.54) is 5.56 Å². The highest BCUT2D eigenvalue weighted by Gasteiger charge is 2.17. The fraction of sp³-hybridized carbons (Fsp3) is 0.462. The van der Waals surface area contributed by atoms with Crippen LogP contribution in [-0.2, 0) is 4.79 Å². The Kier molecular flexibility index (Phi) is 4.52. The largest absolute Gasteiger partial charge is 0.300 e. The first-order chi connectivity index (χ1) is 7.00. The maximum Gasteiger partial charge on any atom is 0.130 e. The molecular formula is C13H17BrO. The second-order valence-corrected chi connectivity index (χ2v) is 5.22. The predicted molar refractivity (Wildman–Crippen MR) is 67.0 cm³/mol. The molecule has 1 aromatic carbocycles. The molecule has 0 aliphatic carbocycles. The van der Waals surface area contributed by atoms with Gasteiger partial charge in [-0.2, -0.15) is 0 Å². The first-order valence-electron chi connectivity index (χ1n) is 5.25. The molecule has 0 N–H and O–H groups in total. The Balaban J connectivity index is 2.88. The highest BCUT2D eigenvalue weighted by Crippen LogP contribution is 2.28. The summed E-state index contributed by atoms with van der Waals surface area (Å²) in [5.41, 5.74) is 1.25. The minimum absolute atomic E-state index is 0.261. The zero-order valence-corrected chi connectivity index (χ0v) is 11.0. The van der Waals surface area contributed by atoms with Crippen molar-refractivity contribution in [1.29, 1.82) is 0 Å². The summed E-state index contributed by atoms with van der Waals surface area (Å²) in [7, 11) is 0. The second-order valence-electron chi connectivity index (χ2n) is 4.31. The normalized spacial score (nSPS) is 12.9. The lowest BCUT2D eigenvalue weighted by molar-refractivity contribution is -0.117. The van der Waals surface area contributed by atoms with Gasteiger partial charge < -0.3 is 4.79 Å². The quantitative estimate of drug-likeness (QED) is 0.801. The number of carbonyl (C=O) groups excluding carboxylic acids is 1. The Bertz CT molecular complexity index is 327. The molecular weight excluding hydrogens is 252 g/mol. The SMILES string of the molecule is CC(=O)CC(c1ccc(Br)cc1)C(C)C. The molecule has 0 saturated heterocycles. The van der Waals surface area contributed by atoms with Crippen LogP contribution in [0.3, 0.4) is 0 Å². The van der Waals surface area contributed by atoms with Crippen LogP contribution in [0.25, 0.3) is 0 Å². The van der Waals surface area contributed by atoms with Gasteiger partial charge in [-0.05, 0) is 36.5 Å². The molecule has 0 aliphatic rings. The van der Waals surface area contributed by atoms with Crippen LogP contribution in [0.15, 0.2) is 28.7 Å². The number of hydrogen-bond donors (Lipinski definition) is 0. The molecule has 0 amide bonds. The molecule has 0 aliphatic heterocycles. The first kappa shape index (κ1) is 12.4. The summed E-state index contributed by atoms with van der Waals surface area (Å²) in [6.07, 6.45) is 0.638. The lowest BCUT2D eigenvalue weighted by Gasteiger charge is -2.20. The molecule has 0 spiro atoms. The van der Waals surface area contributed by atoms with E-state index in [-0.39, 0.29) is 5.78 Å². The number of halogens is 1. The van der Waals surface area contributed by atoms with Crippen LogP contribution < -0.4 is 0 Å². The van der Waals surface area contributed by atoms with Gasteiger partial charge in [0.1, 0.15) is 5.78 Å². The zero-order chi connectivity index (χ0) is 11.4. The molecule has 1 rings (SSSR count). The summed E-state index contributed by atoms with van der Waals surface area (Å²) in [5, 5.41) is 0. The van der Waals surface area contributed by atoms with Gasteiger partial charge in [0.15, 0.2) is 0 Å². The van der Waals surface area contributed by atoms with E-state index in [9.17, 15) is 4.79 Å². The van der Waals surface area contributed by atoms with Crippen molar-refractivity contribution in [2.24, 2.45) is 5.92 Å². The number of hydrogen-bond acceptors (Lipinski definition) is 1. The number of Topliss-reactive ketones (excluding diaryl/α,β-unsaturated/α-hetero) is 1. The van der Waals surface area contributed by atoms with Crippen molar-refractivity contribution in [2.75, 3.05) is 0 Å². The van der Waals surface area contributed by atoms with E-state index in [1.54, 1.807) is 6.92 Å². The second kappa shape index (κ2) is 5.45. The third-order valence-electron chi connectivity index (χ3n) is 2.61. The van der Waals surface area contributed by atoms with Gasteiger partial charge in [-0.25, -0.2) is 0 Å². The van der Waals surface area contributed by atoms with Gasteiger partial charge in [0.2, 0.25) is 0 Å². The van der Waals surface area contributed by atoms with Gasteiger partial charge in [-0.1, -0.05) is 41.9 Å². The van der Waals surface area contributed by atoms with Gasteiger partial charge in [0, 0.05) is 10.9 Å². The van der Waals surface area contributed by atoms with Crippen molar-refractivity contribution in [2.45, 2.75) is 33.1 Å². The Morgan fingerprint density at radius 2 is 1.80 bits per heavy atom. The monoisotopic (exact) mass is 268 g/mol. The van der Waals surface area contributed by atoms with E-state index < -0.39 is 0 Å². The lowest BCUT2D eigenvalue weighted by Crippen LogP contribution is -2.10. The Labute approximate surface area is 100 Å². The van der Waals surface area contributed by atoms with Gasteiger partial charge in [-0.15, -0.1) is 0 Å². The molecule has 2 heteroatoms. The average molecular weight is 269 g/mol. The van der Waals surface area contributed by atoms with E-state index in [0.717, 1.165) is 4.47 Å². The first-order valence-corrected chi connectivity index (χ1v) is 6.05. The minimum Gasteiger partial charge on any atom is -0.300 e. The smallest absolute Gasteiger partial charge is 0.130 e. The number of ketones is 1. The highest BCUT2D eigenvalue weighted by atomic mass is 79.9. The molecule has 0 bridgehead atoms. The fourth-order valence-electron chi connectivity index (χ4n) is 1.76. The van der Waals surface area contributed by atoms with Crippen LogP contribution in [0.5, 0.6) is 0 Å². The van der Waals surface area contributed by atoms with E-state index in [1.807, 2.05) is 12.1 Å². The van der Waals surface area contributed by atoms with Crippen molar-refractivity contribution in [3.63, 3.8) is 0 Å². The van der Waals surface area contributed by atoms with Crippen LogP contribution in [-0.4, -0.2) is 5.78 Å². The highest BCUT2D eigenvalue weighted by molar-refractivity contribution is 9.10. The Morgan fingerprint density at radius 1 is 1.27 bits per heavy atom. The van der Waals surface area contributed by atoms with Crippen molar-refractivity contribution >= 4 is 21.7 Å². The van der Waals surface area contributed by atoms with Crippen molar-refractivity contribution in [3.05, 3.63) is 34.3 Å². The summed E-state index contributed by atoms with van der Waals surface area (Å²) in [6, 6.07) is 8.26. The van der Waals surface area contributed by atoms with E-state index >= 15 is 0 Å². The minimum atomic E-state index is 0.261. The molecule has 0 radical (unpaired) electrons. The molecule has 1 nitrogen and oxygen atoms in total. The lowest BCUT2D eigenvalue weighted by atomic mass is 9.85. The van der Waals surface area contributed by atoms with Crippen LogP contribution in [0, 0.1) is 5.92 Å². The van der Waals surface area contributed by atoms with Gasteiger partial charge in [0.05, 0.1) is 0 Å². The molecule has 15 heavy (non-hydrogen) atoms. The van der Waals surface area contributed by atoms with Crippen molar-refractivity contribution in [3.8, 4) is 0 Å². The summed E-state index contributed by atoms with van der Waals surface area (Å²) in [4.78, 5) is 11.2. The molecule has 0 heterocycles. The zero-order valence-electron chi connectivity index (χ0n) is 9.46. The summed E-state index contributed by atoms with van der Waals surface area (Å²) >= 11 is 3.42. The van der Waals surface area contributed by atoms with Crippen LogP contribution in [0.4, 0.5) is 0 Å². The maximum absolute atomic E-state index is 11.2. The van der Waals surface area contributed by atoms with E-state index in [2.05, 4.69) is 41.9 Å². The van der Waals surface area contributed by atoms with E-state index in [4.69, 9.17) is 0 Å². The van der Waals surface area contributed by atoms with Crippen LogP contribution in [0.2, 0.25) is 0 Å². The predicted octanol–water partition coefficient (Wildman–Crippen LogP) is 4.17. The van der Waals surface area contributed by atoms with Gasteiger partial charge in [0.25, 0.3) is 0 Å². The van der Waals surface area contributed by atoms with E-state index in [0.29, 0.717) is 18.3 Å². The third kappa shape index (κ3) is 3.78. The molecule has 1 unspecified atom stereocenters. The van der Waals surface area contributed by atoms with Crippen molar-refractivity contribution in [1.82, 2.24) is 0 Å². The fourth-order valence-corrected chi connectivity index (χ4v) is 2.02. The van der Waals surface area contributed by atoms with Crippen LogP contribution in [0.1, 0.15) is 38.7 Å². The molecule has 82 valence electrons. The third-order valence-corrected chi connectivity index (χ3v) is 3.14. The summed E-state index contributed by atoms with van der Waals surface area (Å²) < 4.78 is 1.08. The van der Waals surface area contributed by atoms with Gasteiger partial charge in [-0.3, -0.25) is 0 Å². The van der Waals surface area contributed by atoms with Crippen LogP contribution >= 0.6 is 15.9 Å². The molecule has 0 aromatic heterocycles. The summed E-state index contributed by atoms with van der Waals surface area (Å²) in [6.45, 7) is 5.99. The van der Waals surface area contributed by atoms with Gasteiger partial charge >= 0.3 is 0 Å². The number of benzene rings is 1. The average Bonchev–Trinajstić information content (AvgIpc) is 2.15. The van der Waals surface area contributed by atoms with Crippen molar-refractivity contribution < 1.29 is 4.79 Å². The number of carbonyl (C=O) groups is 1. The molecule has 1 atom stereocenters. The maximum atomic E-state index is 11.2. The molecule has 1 aromatic rings. The molecule has 0 saturated carbocycles. The number of rotatable bonds is 4.